The Balaban J connectivity index is 2.07. The highest BCUT2D eigenvalue weighted by Crippen LogP contribution is 2.26. The second kappa shape index (κ2) is 9.53. The molecule has 0 aliphatic rings. The largest absolute Gasteiger partial charge is 0.419 e. The fourth-order valence-electron chi connectivity index (χ4n) is 2.65. The van der Waals surface area contributed by atoms with E-state index >= 15 is 0 Å². The van der Waals surface area contributed by atoms with Gasteiger partial charge in [0.2, 0.25) is 17.7 Å². The molecule has 0 spiro atoms. The number of carbonyl (C=O) groups excluding carboxylic acids is 1. The first-order valence-electron chi connectivity index (χ1n) is 8.66. The fourth-order valence-corrected chi connectivity index (χ4v) is 2.87. The smallest absolute Gasteiger partial charge is 0.249 e. The van der Waals surface area contributed by atoms with Crippen LogP contribution < -0.4 is 0 Å². The first-order valence-corrected chi connectivity index (χ1v) is 9.04. The van der Waals surface area contributed by atoms with Crippen molar-refractivity contribution in [2.45, 2.75) is 33.7 Å². The molecule has 25 heavy (non-hydrogen) atoms. The number of aromatic nitrogens is 2. The van der Waals surface area contributed by atoms with E-state index in [9.17, 15) is 4.79 Å². The van der Waals surface area contributed by atoms with E-state index in [1.54, 1.807) is 6.07 Å². The zero-order valence-electron chi connectivity index (χ0n) is 15.0. The van der Waals surface area contributed by atoms with Crippen molar-refractivity contribution in [3.8, 4) is 11.5 Å². The topological polar surface area (TPSA) is 62.5 Å². The molecule has 7 heteroatoms. The molecule has 0 N–H and O–H groups in total. The van der Waals surface area contributed by atoms with Crippen molar-refractivity contribution in [1.29, 1.82) is 0 Å². The lowest BCUT2D eigenvalue weighted by Gasteiger charge is -2.24. The summed E-state index contributed by atoms with van der Waals surface area (Å²) in [5.41, 5.74) is 0.712. The average Bonchev–Trinajstić information content (AvgIpc) is 3.05. The van der Waals surface area contributed by atoms with E-state index in [0.717, 1.165) is 13.0 Å². The molecule has 136 valence electrons. The van der Waals surface area contributed by atoms with E-state index in [2.05, 4.69) is 17.1 Å². The quantitative estimate of drug-likeness (QED) is 0.681. The van der Waals surface area contributed by atoms with Gasteiger partial charge in [-0.2, -0.15) is 0 Å². The maximum absolute atomic E-state index is 12.4. The number of hydrogen-bond acceptors (Lipinski definition) is 5. The number of hydrogen-bond donors (Lipinski definition) is 0. The minimum absolute atomic E-state index is 0.115. The second-order valence-electron chi connectivity index (χ2n) is 5.76. The molecule has 6 nitrogen and oxygen atoms in total. The lowest BCUT2D eigenvalue weighted by Crippen LogP contribution is -2.40. The summed E-state index contributed by atoms with van der Waals surface area (Å²) in [6, 6.07) is 7.35. The summed E-state index contributed by atoms with van der Waals surface area (Å²) in [6.45, 7) is 9.06. The summed E-state index contributed by atoms with van der Waals surface area (Å²) >= 11 is 6.17. The minimum atomic E-state index is 0.115. The Bertz CT molecular complexity index is 685. The van der Waals surface area contributed by atoms with Crippen LogP contribution in [0.15, 0.2) is 28.7 Å². The fraction of sp³-hybridized carbons (Fsp3) is 0.500. The van der Waals surface area contributed by atoms with Crippen LogP contribution in [-0.4, -0.2) is 52.1 Å². The maximum Gasteiger partial charge on any atom is 0.249 e. The average molecular weight is 365 g/mol. The zero-order chi connectivity index (χ0) is 18.2. The van der Waals surface area contributed by atoms with Crippen molar-refractivity contribution < 1.29 is 9.21 Å². The van der Waals surface area contributed by atoms with E-state index in [1.807, 2.05) is 41.8 Å². The van der Waals surface area contributed by atoms with E-state index < -0.39 is 0 Å². The van der Waals surface area contributed by atoms with Crippen molar-refractivity contribution in [2.75, 3.05) is 26.2 Å². The Morgan fingerprint density at radius 1 is 1.16 bits per heavy atom. The van der Waals surface area contributed by atoms with Crippen LogP contribution >= 0.6 is 11.6 Å². The molecule has 0 radical (unpaired) electrons. The van der Waals surface area contributed by atoms with Gasteiger partial charge >= 0.3 is 0 Å². The molecule has 1 heterocycles. The van der Waals surface area contributed by atoms with Crippen LogP contribution in [0.25, 0.3) is 11.5 Å². The molecule has 0 aliphatic carbocycles. The summed E-state index contributed by atoms with van der Waals surface area (Å²) in [5.74, 6) is 0.993. The normalized spacial score (nSPS) is 11.1. The first kappa shape index (κ1) is 19.4. The van der Waals surface area contributed by atoms with Gasteiger partial charge in [-0.05, 0) is 38.9 Å². The van der Waals surface area contributed by atoms with Gasteiger partial charge in [-0.3, -0.25) is 9.69 Å². The Morgan fingerprint density at radius 2 is 1.88 bits per heavy atom. The third kappa shape index (κ3) is 5.28. The number of carbonyl (C=O) groups is 1. The van der Waals surface area contributed by atoms with Crippen LogP contribution in [0.4, 0.5) is 0 Å². The van der Waals surface area contributed by atoms with Gasteiger partial charge < -0.3 is 9.32 Å². The van der Waals surface area contributed by atoms with Crippen LogP contribution in [0.5, 0.6) is 0 Å². The molecule has 0 saturated carbocycles. The lowest BCUT2D eigenvalue weighted by molar-refractivity contribution is -0.132. The van der Waals surface area contributed by atoms with Crippen LogP contribution in [-0.2, 0) is 11.3 Å². The van der Waals surface area contributed by atoms with Gasteiger partial charge in [0.1, 0.15) is 0 Å². The molecule has 0 saturated heterocycles. The molecule has 2 aromatic rings. The molecule has 0 unspecified atom stereocenters. The summed E-state index contributed by atoms with van der Waals surface area (Å²) < 4.78 is 5.75. The second-order valence-corrected chi connectivity index (χ2v) is 6.16. The zero-order valence-corrected chi connectivity index (χ0v) is 15.8. The predicted molar refractivity (Wildman–Crippen MR) is 98.2 cm³/mol. The number of benzene rings is 1. The third-order valence-electron chi connectivity index (χ3n) is 3.94. The molecule has 0 bridgehead atoms. The van der Waals surface area contributed by atoms with Crippen LogP contribution in [0.1, 0.15) is 33.1 Å². The van der Waals surface area contributed by atoms with E-state index in [-0.39, 0.29) is 5.91 Å². The minimum Gasteiger partial charge on any atom is -0.419 e. The van der Waals surface area contributed by atoms with Crippen LogP contribution in [0.2, 0.25) is 5.02 Å². The molecule has 1 aromatic heterocycles. The standard InChI is InChI=1S/C18H25ClN4O2/c1-4-11-22(13-17(24)23(5-2)6-3)12-16-20-21-18(25-16)14-9-7-8-10-15(14)19/h7-10H,4-6,11-13H2,1-3H3. The van der Waals surface area contributed by atoms with Gasteiger partial charge in [0.15, 0.2) is 0 Å². The Hall–Kier alpha value is -1.92. The number of likely N-dealkylation sites (N-methyl/N-ethyl adjacent to an activating group) is 1. The molecule has 2 rings (SSSR count). The summed E-state index contributed by atoms with van der Waals surface area (Å²) in [5, 5.41) is 8.76. The molecular weight excluding hydrogens is 340 g/mol. The van der Waals surface area contributed by atoms with Crippen molar-refractivity contribution in [1.82, 2.24) is 20.0 Å². The number of amides is 1. The van der Waals surface area contributed by atoms with Crippen molar-refractivity contribution in [3.05, 3.63) is 35.2 Å². The maximum atomic E-state index is 12.4. The van der Waals surface area contributed by atoms with Crippen molar-refractivity contribution in [2.24, 2.45) is 0 Å². The Kier molecular flexibility index (Phi) is 7.40. The molecule has 0 fully saturated rings. The van der Waals surface area contributed by atoms with Crippen molar-refractivity contribution >= 4 is 17.5 Å². The van der Waals surface area contributed by atoms with Gasteiger partial charge in [0, 0.05) is 13.1 Å². The SMILES string of the molecule is CCCN(CC(=O)N(CC)CC)Cc1nnc(-c2ccccc2Cl)o1. The molecular formula is C18H25ClN4O2. The van der Waals surface area contributed by atoms with E-state index in [1.165, 1.54) is 0 Å². The van der Waals surface area contributed by atoms with Gasteiger partial charge in [0.25, 0.3) is 0 Å². The highest BCUT2D eigenvalue weighted by Gasteiger charge is 2.18. The highest BCUT2D eigenvalue weighted by atomic mass is 35.5. The summed E-state index contributed by atoms with van der Waals surface area (Å²) in [7, 11) is 0. The third-order valence-corrected chi connectivity index (χ3v) is 4.27. The van der Waals surface area contributed by atoms with Gasteiger partial charge in [-0.1, -0.05) is 30.7 Å². The molecule has 0 atom stereocenters. The van der Waals surface area contributed by atoms with Gasteiger partial charge in [-0.25, -0.2) is 0 Å². The first-order chi connectivity index (χ1) is 12.1. The molecule has 1 amide bonds. The number of halogens is 1. The Labute approximate surface area is 153 Å². The Morgan fingerprint density at radius 3 is 2.52 bits per heavy atom. The number of nitrogens with zero attached hydrogens (tertiary/aromatic N) is 4. The highest BCUT2D eigenvalue weighted by molar-refractivity contribution is 6.33. The van der Waals surface area contributed by atoms with Gasteiger partial charge in [0.05, 0.1) is 23.7 Å². The van der Waals surface area contributed by atoms with Crippen LogP contribution in [0, 0.1) is 0 Å². The molecule has 1 aromatic carbocycles. The summed E-state index contributed by atoms with van der Waals surface area (Å²) in [6.07, 6.45) is 0.942. The molecule has 0 aliphatic heterocycles. The summed E-state index contributed by atoms with van der Waals surface area (Å²) in [4.78, 5) is 16.2. The van der Waals surface area contributed by atoms with E-state index in [4.69, 9.17) is 16.0 Å². The van der Waals surface area contributed by atoms with E-state index in [0.29, 0.717) is 48.5 Å². The van der Waals surface area contributed by atoms with Crippen LogP contribution in [0.3, 0.4) is 0 Å². The van der Waals surface area contributed by atoms with Crippen molar-refractivity contribution in [3.63, 3.8) is 0 Å². The number of rotatable bonds is 9. The predicted octanol–water partition coefficient (Wildman–Crippen LogP) is 3.47. The monoisotopic (exact) mass is 364 g/mol. The lowest BCUT2D eigenvalue weighted by atomic mass is 10.2. The van der Waals surface area contributed by atoms with Gasteiger partial charge in [-0.15, -0.1) is 10.2 Å².